The topological polar surface area (TPSA) is 60.9 Å². The van der Waals surface area contributed by atoms with Gasteiger partial charge in [-0.25, -0.2) is 12.8 Å². The van der Waals surface area contributed by atoms with E-state index >= 15 is 0 Å². The molecule has 6 nitrogen and oxygen atoms in total. The summed E-state index contributed by atoms with van der Waals surface area (Å²) in [4.78, 5) is 16.4. The molecule has 1 spiro atoms. The van der Waals surface area contributed by atoms with Gasteiger partial charge < -0.3 is 4.90 Å². The molecule has 0 N–H and O–H groups in total. The molecule has 0 aliphatic carbocycles. The monoisotopic (exact) mass is 417 g/mol. The number of nitrogens with zero attached hydrogens (tertiary/aromatic N) is 3. The molecule has 2 saturated heterocycles. The van der Waals surface area contributed by atoms with Gasteiger partial charge in [0.05, 0.1) is 17.0 Å². The van der Waals surface area contributed by atoms with Gasteiger partial charge in [-0.15, -0.1) is 0 Å². The first kappa shape index (κ1) is 20.0. The number of aryl methyl sites for hydroxylation is 1. The molecule has 4 rings (SSSR count). The van der Waals surface area contributed by atoms with E-state index < -0.39 is 21.4 Å². The normalized spacial score (nSPS) is 23.8. The van der Waals surface area contributed by atoms with Crippen molar-refractivity contribution in [1.29, 1.82) is 0 Å². The quantitative estimate of drug-likeness (QED) is 0.769. The van der Waals surface area contributed by atoms with E-state index in [1.165, 1.54) is 16.4 Å². The summed E-state index contributed by atoms with van der Waals surface area (Å²) in [5.41, 5.74) is 0.998. The number of carbonyl (C=O) groups is 1. The number of halogens is 1. The number of rotatable bonds is 3. The molecule has 0 aromatic heterocycles. The number of likely N-dealkylation sites (N-methyl/N-ethyl adjacent to an activating group) is 1. The van der Waals surface area contributed by atoms with Crippen LogP contribution >= 0.6 is 0 Å². The Morgan fingerprint density at radius 1 is 1.07 bits per heavy atom. The van der Waals surface area contributed by atoms with Gasteiger partial charge >= 0.3 is 0 Å². The third kappa shape index (κ3) is 3.56. The van der Waals surface area contributed by atoms with Gasteiger partial charge in [-0.1, -0.05) is 23.8 Å². The van der Waals surface area contributed by atoms with Crippen molar-refractivity contribution in [3.63, 3.8) is 0 Å². The van der Waals surface area contributed by atoms with E-state index in [0.717, 1.165) is 5.56 Å². The molecule has 8 heteroatoms. The summed E-state index contributed by atoms with van der Waals surface area (Å²) in [6, 6.07) is 12.8. The van der Waals surface area contributed by atoms with Crippen molar-refractivity contribution in [2.75, 3.05) is 38.1 Å². The molecular formula is C21H24FN3O3S. The lowest BCUT2D eigenvalue weighted by atomic mass is 9.92. The van der Waals surface area contributed by atoms with Crippen molar-refractivity contribution < 1.29 is 17.6 Å². The van der Waals surface area contributed by atoms with Crippen LogP contribution in [0, 0.1) is 12.7 Å². The van der Waals surface area contributed by atoms with E-state index in [1.807, 2.05) is 18.9 Å². The number of hydrogen-bond donors (Lipinski definition) is 0. The van der Waals surface area contributed by atoms with Crippen LogP contribution in [-0.2, 0) is 14.8 Å². The minimum absolute atomic E-state index is 0.122. The molecule has 2 fully saturated rings. The summed E-state index contributed by atoms with van der Waals surface area (Å²) in [6.45, 7) is 3.07. The Labute approximate surface area is 170 Å². The molecule has 1 atom stereocenters. The summed E-state index contributed by atoms with van der Waals surface area (Å²) in [6.07, 6.45) is 0.605. The third-order valence-electron chi connectivity index (χ3n) is 6.01. The Morgan fingerprint density at radius 2 is 1.79 bits per heavy atom. The lowest BCUT2D eigenvalue weighted by Crippen LogP contribution is -2.64. The van der Waals surface area contributed by atoms with Gasteiger partial charge in [-0.3, -0.25) is 9.69 Å². The first-order chi connectivity index (χ1) is 13.7. The number of anilines is 1. The number of sulfonamides is 1. The molecule has 0 bridgehead atoms. The van der Waals surface area contributed by atoms with Crippen molar-refractivity contribution >= 4 is 21.6 Å². The van der Waals surface area contributed by atoms with Crippen LogP contribution in [0.15, 0.2) is 53.4 Å². The fraction of sp³-hybridized carbons (Fsp3) is 0.381. The zero-order valence-electron chi connectivity index (χ0n) is 16.5. The average molecular weight is 418 g/mol. The number of hydrogen-bond acceptors (Lipinski definition) is 4. The predicted octanol–water partition coefficient (Wildman–Crippen LogP) is 2.25. The standard InChI is InChI=1S/C21H24FN3O3S/c1-16-6-8-19(9-7-16)29(27,28)24-11-10-21(14-24)15-25(20(26)13-23(21)2)18-5-3-4-17(22)12-18/h3-9,12H,10-11,13-15H2,1-2H3/t21-/m0/s1. The fourth-order valence-electron chi connectivity index (χ4n) is 4.16. The highest BCUT2D eigenvalue weighted by Gasteiger charge is 2.50. The van der Waals surface area contributed by atoms with Crippen molar-refractivity contribution in [2.24, 2.45) is 0 Å². The molecule has 0 saturated carbocycles. The number of carbonyl (C=O) groups excluding carboxylic acids is 1. The largest absolute Gasteiger partial charge is 0.309 e. The second kappa shape index (κ2) is 7.19. The molecule has 154 valence electrons. The second-order valence-electron chi connectivity index (χ2n) is 7.94. The lowest BCUT2D eigenvalue weighted by molar-refractivity contribution is -0.123. The Bertz CT molecular complexity index is 1040. The highest BCUT2D eigenvalue weighted by atomic mass is 32.2. The Morgan fingerprint density at radius 3 is 2.48 bits per heavy atom. The van der Waals surface area contributed by atoms with Gasteiger partial charge in [0.15, 0.2) is 0 Å². The maximum absolute atomic E-state index is 13.7. The third-order valence-corrected chi connectivity index (χ3v) is 7.87. The predicted molar refractivity (Wildman–Crippen MR) is 109 cm³/mol. The summed E-state index contributed by atoms with van der Waals surface area (Å²) < 4.78 is 41.4. The fourth-order valence-corrected chi connectivity index (χ4v) is 5.68. The van der Waals surface area contributed by atoms with Crippen molar-refractivity contribution in [3.05, 3.63) is 59.9 Å². The molecule has 2 aliphatic rings. The lowest BCUT2D eigenvalue weighted by Gasteiger charge is -2.46. The maximum Gasteiger partial charge on any atom is 0.243 e. The Balaban J connectivity index is 1.61. The van der Waals surface area contributed by atoms with Gasteiger partial charge in [0.1, 0.15) is 5.82 Å². The first-order valence-corrected chi connectivity index (χ1v) is 11.0. The summed E-state index contributed by atoms with van der Waals surface area (Å²) in [5.74, 6) is -0.526. The van der Waals surface area contributed by atoms with E-state index in [-0.39, 0.29) is 17.3 Å². The molecule has 1 amide bonds. The van der Waals surface area contributed by atoms with E-state index in [4.69, 9.17) is 0 Å². The van der Waals surface area contributed by atoms with E-state index in [1.54, 1.807) is 41.3 Å². The van der Waals surface area contributed by atoms with Crippen LogP contribution < -0.4 is 4.90 Å². The van der Waals surface area contributed by atoms with Crippen LogP contribution in [-0.4, -0.2) is 62.3 Å². The zero-order valence-corrected chi connectivity index (χ0v) is 17.3. The van der Waals surface area contributed by atoms with Crippen molar-refractivity contribution in [3.8, 4) is 0 Å². The molecule has 0 unspecified atom stereocenters. The van der Waals surface area contributed by atoms with Crippen molar-refractivity contribution in [2.45, 2.75) is 23.8 Å². The SMILES string of the molecule is Cc1ccc(S(=O)(=O)N2CC[C@@]3(CN(c4cccc(F)c4)C(=O)CN3C)C2)cc1. The second-order valence-corrected chi connectivity index (χ2v) is 9.88. The van der Waals surface area contributed by atoms with Gasteiger partial charge in [-0.05, 0) is 50.7 Å². The highest BCUT2D eigenvalue weighted by Crippen LogP contribution is 2.35. The summed E-state index contributed by atoms with van der Waals surface area (Å²) in [5, 5.41) is 0. The number of piperazine rings is 1. The first-order valence-electron chi connectivity index (χ1n) is 9.55. The van der Waals surface area contributed by atoms with Crippen LogP contribution in [0.3, 0.4) is 0 Å². The van der Waals surface area contributed by atoms with Gasteiger partial charge in [0.25, 0.3) is 0 Å². The molecular weight excluding hydrogens is 393 g/mol. The van der Waals surface area contributed by atoms with Crippen LogP contribution in [0.25, 0.3) is 0 Å². The Kier molecular flexibility index (Phi) is 4.96. The number of benzene rings is 2. The molecule has 29 heavy (non-hydrogen) atoms. The van der Waals surface area contributed by atoms with Gasteiger partial charge in [0.2, 0.25) is 15.9 Å². The maximum atomic E-state index is 13.7. The molecule has 2 aliphatic heterocycles. The van der Waals surface area contributed by atoms with E-state index in [0.29, 0.717) is 31.7 Å². The smallest absolute Gasteiger partial charge is 0.243 e. The Hall–Kier alpha value is -2.29. The molecule has 2 aromatic rings. The van der Waals surface area contributed by atoms with Crippen LogP contribution in [0.1, 0.15) is 12.0 Å². The highest BCUT2D eigenvalue weighted by molar-refractivity contribution is 7.89. The molecule has 2 heterocycles. The van der Waals surface area contributed by atoms with Crippen LogP contribution in [0.4, 0.5) is 10.1 Å². The minimum atomic E-state index is -3.61. The zero-order chi connectivity index (χ0) is 20.8. The van der Waals surface area contributed by atoms with Crippen LogP contribution in [0.2, 0.25) is 0 Å². The van der Waals surface area contributed by atoms with E-state index in [2.05, 4.69) is 0 Å². The minimum Gasteiger partial charge on any atom is -0.309 e. The van der Waals surface area contributed by atoms with Crippen LogP contribution in [0.5, 0.6) is 0 Å². The summed E-state index contributed by atoms with van der Waals surface area (Å²) in [7, 11) is -1.76. The van der Waals surface area contributed by atoms with E-state index in [9.17, 15) is 17.6 Å². The number of amides is 1. The van der Waals surface area contributed by atoms with Crippen molar-refractivity contribution in [1.82, 2.24) is 9.21 Å². The average Bonchev–Trinajstić information content (AvgIpc) is 3.11. The summed E-state index contributed by atoms with van der Waals surface area (Å²) >= 11 is 0. The molecule has 2 aromatic carbocycles. The molecule has 0 radical (unpaired) electrons. The van der Waals surface area contributed by atoms with Gasteiger partial charge in [0, 0.05) is 25.3 Å². The van der Waals surface area contributed by atoms with Gasteiger partial charge in [-0.2, -0.15) is 4.31 Å².